The minimum absolute atomic E-state index is 0.127. The molecule has 3 fully saturated rings. The monoisotopic (exact) mass is 404 g/mol. The molecule has 1 aromatic rings. The summed E-state index contributed by atoms with van der Waals surface area (Å²) in [6.07, 6.45) is 9.98. The van der Waals surface area contributed by atoms with Gasteiger partial charge < -0.3 is 10.2 Å². The first-order valence-electron chi connectivity index (χ1n) is 10.6. The maximum absolute atomic E-state index is 12.3. The fourth-order valence-corrected chi connectivity index (χ4v) is 5.92. The van der Waals surface area contributed by atoms with Crippen LogP contribution in [0.15, 0.2) is 34.2 Å². The number of aliphatic imine (C=N–C) groups is 1. The Balaban J connectivity index is 1.33. The summed E-state index contributed by atoms with van der Waals surface area (Å²) in [6, 6.07) is 7.28. The number of nitrogens with zero attached hydrogens (tertiary/aromatic N) is 2. The highest BCUT2D eigenvalue weighted by molar-refractivity contribution is 7.89. The molecule has 0 amide bonds. The molecule has 0 unspecified atom stereocenters. The molecule has 0 aromatic heterocycles. The fraction of sp³-hybridized carbons (Fsp3) is 0.667. The predicted molar refractivity (Wildman–Crippen MR) is 112 cm³/mol. The molecule has 1 saturated heterocycles. The molecule has 1 spiro atoms. The molecule has 6 nitrogen and oxygen atoms in total. The summed E-state index contributed by atoms with van der Waals surface area (Å²) in [5.74, 6) is 0.953. The van der Waals surface area contributed by atoms with E-state index in [0.717, 1.165) is 37.5 Å². The van der Waals surface area contributed by atoms with Crippen LogP contribution in [0.3, 0.4) is 0 Å². The van der Waals surface area contributed by atoms with Gasteiger partial charge in [0.15, 0.2) is 5.96 Å². The molecule has 28 heavy (non-hydrogen) atoms. The van der Waals surface area contributed by atoms with Crippen molar-refractivity contribution in [2.45, 2.75) is 68.8 Å². The van der Waals surface area contributed by atoms with E-state index in [4.69, 9.17) is 0 Å². The van der Waals surface area contributed by atoms with E-state index in [2.05, 4.69) is 19.9 Å². The van der Waals surface area contributed by atoms with Crippen molar-refractivity contribution in [3.8, 4) is 0 Å². The molecule has 0 radical (unpaired) electrons. The SMILES string of the molecule is CN=C(NCc1ccc(S(=O)(=O)NC2CC2)cc1)N1CCC2(CCCCC2)C1. The number of hydrogen-bond donors (Lipinski definition) is 2. The molecule has 4 rings (SSSR count). The molecule has 1 heterocycles. The fourth-order valence-electron chi connectivity index (χ4n) is 4.61. The van der Waals surface area contributed by atoms with Crippen LogP contribution in [0.4, 0.5) is 0 Å². The highest BCUT2D eigenvalue weighted by Crippen LogP contribution is 2.43. The Labute approximate surface area is 168 Å². The first-order chi connectivity index (χ1) is 13.5. The second kappa shape index (κ2) is 8.03. The second-order valence-corrected chi connectivity index (χ2v) is 10.4. The third-order valence-corrected chi connectivity index (χ3v) is 7.98. The molecule has 154 valence electrons. The van der Waals surface area contributed by atoms with Gasteiger partial charge in [-0.15, -0.1) is 0 Å². The molecule has 3 aliphatic rings. The zero-order valence-corrected chi connectivity index (χ0v) is 17.6. The average molecular weight is 405 g/mol. The summed E-state index contributed by atoms with van der Waals surface area (Å²) in [7, 11) is -1.54. The Kier molecular flexibility index (Phi) is 5.65. The van der Waals surface area contributed by atoms with Crippen LogP contribution in [-0.2, 0) is 16.6 Å². The second-order valence-electron chi connectivity index (χ2n) is 8.67. The van der Waals surface area contributed by atoms with Gasteiger partial charge in [0.2, 0.25) is 10.0 Å². The van der Waals surface area contributed by atoms with E-state index >= 15 is 0 Å². The smallest absolute Gasteiger partial charge is 0.240 e. The van der Waals surface area contributed by atoms with E-state index in [-0.39, 0.29) is 6.04 Å². The van der Waals surface area contributed by atoms with Crippen LogP contribution in [0.25, 0.3) is 0 Å². The van der Waals surface area contributed by atoms with Crippen molar-refractivity contribution in [2.75, 3.05) is 20.1 Å². The van der Waals surface area contributed by atoms with Crippen molar-refractivity contribution in [3.05, 3.63) is 29.8 Å². The minimum Gasteiger partial charge on any atom is -0.352 e. The number of nitrogens with one attached hydrogen (secondary N) is 2. The van der Waals surface area contributed by atoms with E-state index in [1.54, 1.807) is 12.1 Å². The predicted octanol–water partition coefficient (Wildman–Crippen LogP) is 2.86. The highest BCUT2D eigenvalue weighted by atomic mass is 32.2. The lowest BCUT2D eigenvalue weighted by Gasteiger charge is -2.33. The number of benzene rings is 1. The Hall–Kier alpha value is -1.60. The molecule has 1 aliphatic heterocycles. The minimum atomic E-state index is -3.38. The Morgan fingerprint density at radius 2 is 1.86 bits per heavy atom. The van der Waals surface area contributed by atoms with Crippen LogP contribution in [0.2, 0.25) is 0 Å². The van der Waals surface area contributed by atoms with Gasteiger partial charge in [0.25, 0.3) is 0 Å². The van der Waals surface area contributed by atoms with Gasteiger partial charge in [0.1, 0.15) is 0 Å². The van der Waals surface area contributed by atoms with Gasteiger partial charge >= 0.3 is 0 Å². The van der Waals surface area contributed by atoms with Gasteiger partial charge in [0.05, 0.1) is 4.90 Å². The zero-order valence-electron chi connectivity index (χ0n) is 16.8. The van der Waals surface area contributed by atoms with Crippen molar-refractivity contribution in [3.63, 3.8) is 0 Å². The van der Waals surface area contributed by atoms with Gasteiger partial charge in [-0.25, -0.2) is 13.1 Å². The molecule has 0 bridgehead atoms. The van der Waals surface area contributed by atoms with Crippen molar-refractivity contribution in [2.24, 2.45) is 10.4 Å². The van der Waals surface area contributed by atoms with E-state index in [0.29, 0.717) is 16.9 Å². The van der Waals surface area contributed by atoms with Crippen molar-refractivity contribution in [1.82, 2.24) is 14.9 Å². The Bertz CT molecular complexity index is 809. The normalized spacial score (nSPS) is 22.6. The lowest BCUT2D eigenvalue weighted by atomic mass is 9.73. The summed E-state index contributed by atoms with van der Waals surface area (Å²) >= 11 is 0. The van der Waals surface area contributed by atoms with Crippen LogP contribution < -0.4 is 10.0 Å². The lowest BCUT2D eigenvalue weighted by molar-refractivity contribution is 0.203. The van der Waals surface area contributed by atoms with Gasteiger partial charge in [-0.3, -0.25) is 4.99 Å². The molecular formula is C21H32N4O2S. The number of sulfonamides is 1. The summed E-state index contributed by atoms with van der Waals surface area (Å²) in [6.45, 7) is 2.83. The van der Waals surface area contributed by atoms with Crippen molar-refractivity contribution >= 4 is 16.0 Å². The molecule has 0 atom stereocenters. The van der Waals surface area contributed by atoms with Crippen LogP contribution in [0.1, 0.15) is 56.9 Å². The van der Waals surface area contributed by atoms with E-state index in [9.17, 15) is 8.42 Å². The third-order valence-electron chi connectivity index (χ3n) is 6.45. The molecule has 1 aromatic carbocycles. The molecule has 7 heteroatoms. The van der Waals surface area contributed by atoms with Gasteiger partial charge in [-0.1, -0.05) is 31.4 Å². The summed E-state index contributed by atoms with van der Waals surface area (Å²) in [5, 5.41) is 3.46. The first-order valence-corrected chi connectivity index (χ1v) is 12.0. The number of rotatable bonds is 5. The largest absolute Gasteiger partial charge is 0.352 e. The maximum Gasteiger partial charge on any atom is 0.240 e. The Morgan fingerprint density at radius 3 is 2.50 bits per heavy atom. The zero-order chi connectivity index (χ0) is 19.6. The molecule has 2 N–H and O–H groups in total. The lowest BCUT2D eigenvalue weighted by Crippen LogP contribution is -2.41. The van der Waals surface area contributed by atoms with E-state index in [1.165, 1.54) is 38.5 Å². The number of hydrogen-bond acceptors (Lipinski definition) is 3. The average Bonchev–Trinajstić information content (AvgIpc) is 3.42. The van der Waals surface area contributed by atoms with Gasteiger partial charge in [0, 0.05) is 32.7 Å². The number of likely N-dealkylation sites (tertiary alicyclic amines) is 1. The maximum atomic E-state index is 12.3. The first kappa shape index (κ1) is 19.7. The Morgan fingerprint density at radius 1 is 1.14 bits per heavy atom. The van der Waals surface area contributed by atoms with Crippen molar-refractivity contribution < 1.29 is 8.42 Å². The molecule has 2 saturated carbocycles. The van der Waals surface area contributed by atoms with Crippen LogP contribution >= 0.6 is 0 Å². The van der Waals surface area contributed by atoms with Crippen LogP contribution in [-0.4, -0.2) is 45.5 Å². The quantitative estimate of drug-likeness (QED) is 0.585. The standard InChI is InChI=1S/C21H32N4O2S/c1-22-20(25-14-13-21(16-25)11-3-2-4-12-21)23-15-17-5-9-19(10-6-17)28(26,27)24-18-7-8-18/h5-6,9-10,18,24H,2-4,7-8,11-16H2,1H3,(H,22,23). The van der Waals surface area contributed by atoms with Crippen LogP contribution in [0, 0.1) is 5.41 Å². The van der Waals surface area contributed by atoms with E-state index < -0.39 is 10.0 Å². The highest BCUT2D eigenvalue weighted by Gasteiger charge is 2.39. The van der Waals surface area contributed by atoms with Gasteiger partial charge in [-0.05, 0) is 55.2 Å². The molecular weight excluding hydrogens is 372 g/mol. The topological polar surface area (TPSA) is 73.8 Å². The number of guanidine groups is 1. The summed E-state index contributed by atoms with van der Waals surface area (Å²) in [5.41, 5.74) is 1.55. The molecule has 2 aliphatic carbocycles. The van der Waals surface area contributed by atoms with Gasteiger partial charge in [-0.2, -0.15) is 0 Å². The third kappa shape index (κ3) is 4.51. The van der Waals surface area contributed by atoms with E-state index in [1.807, 2.05) is 19.2 Å². The summed E-state index contributed by atoms with van der Waals surface area (Å²) < 4.78 is 27.3. The van der Waals surface area contributed by atoms with Crippen molar-refractivity contribution in [1.29, 1.82) is 0 Å². The van der Waals surface area contributed by atoms with Crippen LogP contribution in [0.5, 0.6) is 0 Å². The summed E-state index contributed by atoms with van der Waals surface area (Å²) in [4.78, 5) is 7.22.